The van der Waals surface area contributed by atoms with Crippen LogP contribution < -0.4 is 25.1 Å². The predicted octanol–water partition coefficient (Wildman–Crippen LogP) is 2.57. The van der Waals surface area contributed by atoms with Crippen molar-refractivity contribution < 1.29 is 19.0 Å². The number of aromatic nitrogens is 2. The summed E-state index contributed by atoms with van der Waals surface area (Å²) in [6.45, 7) is -0.253. The molecule has 0 saturated heterocycles. The van der Waals surface area contributed by atoms with Crippen molar-refractivity contribution in [1.29, 1.82) is 0 Å². The minimum absolute atomic E-state index is 0.253. The van der Waals surface area contributed by atoms with Crippen LogP contribution in [0.3, 0.4) is 0 Å². The lowest BCUT2D eigenvalue weighted by Gasteiger charge is -2.13. The van der Waals surface area contributed by atoms with Crippen LogP contribution >= 0.6 is 0 Å². The van der Waals surface area contributed by atoms with E-state index in [0.717, 1.165) is 10.2 Å². The van der Waals surface area contributed by atoms with Crippen molar-refractivity contribution in [3.05, 3.63) is 65.0 Å². The summed E-state index contributed by atoms with van der Waals surface area (Å²) in [5.41, 5.74) is 1.32. The van der Waals surface area contributed by atoms with Gasteiger partial charge in [0.1, 0.15) is 23.8 Å². The maximum atomic E-state index is 12.5. The van der Waals surface area contributed by atoms with Crippen LogP contribution in [0, 0.1) is 0 Å². The molecule has 8 heteroatoms. The fourth-order valence-electron chi connectivity index (χ4n) is 2.79. The van der Waals surface area contributed by atoms with Crippen LogP contribution in [-0.2, 0) is 11.3 Å². The quantitative estimate of drug-likeness (QED) is 0.661. The topological polar surface area (TPSA) is 91.7 Å². The average molecular weight is 395 g/mol. The first-order valence-corrected chi connectivity index (χ1v) is 8.79. The Kier molecular flexibility index (Phi) is 6.13. The van der Waals surface area contributed by atoms with E-state index in [1.54, 1.807) is 44.6 Å². The largest absolute Gasteiger partial charge is 0.497 e. The maximum absolute atomic E-state index is 12.5. The summed E-state index contributed by atoms with van der Waals surface area (Å²) in [7, 11) is 4.59. The van der Waals surface area contributed by atoms with E-state index in [0.29, 0.717) is 28.6 Å². The molecule has 3 aromatic rings. The number of hydrogen-bond donors (Lipinski definition) is 1. The standard InChI is InChI=1S/C21H21N3O5/c1-27-14-8-9-17(19(12-14)29-3)22-20(25)13-24-21(26)11-10-16(23-24)15-6-4-5-7-18(15)28-2/h4-12H,13H2,1-3H3,(H,22,25). The number of carbonyl (C=O) groups excluding carboxylic acids is 1. The first-order valence-electron chi connectivity index (χ1n) is 8.79. The highest BCUT2D eigenvalue weighted by Crippen LogP contribution is 2.29. The Morgan fingerprint density at radius 2 is 1.72 bits per heavy atom. The van der Waals surface area contributed by atoms with Crippen LogP contribution in [0.1, 0.15) is 0 Å². The maximum Gasteiger partial charge on any atom is 0.267 e. The summed E-state index contributed by atoms with van der Waals surface area (Å²) in [6, 6.07) is 15.3. The highest BCUT2D eigenvalue weighted by Gasteiger charge is 2.13. The Balaban J connectivity index is 1.83. The molecule has 29 heavy (non-hydrogen) atoms. The molecule has 1 aromatic heterocycles. The molecule has 2 aromatic carbocycles. The Morgan fingerprint density at radius 3 is 2.45 bits per heavy atom. The Hall–Kier alpha value is -3.81. The van der Waals surface area contributed by atoms with Gasteiger partial charge in [-0.1, -0.05) is 12.1 Å². The van der Waals surface area contributed by atoms with E-state index in [1.807, 2.05) is 18.2 Å². The second-order valence-corrected chi connectivity index (χ2v) is 6.03. The van der Waals surface area contributed by atoms with Gasteiger partial charge in [0.15, 0.2) is 0 Å². The molecule has 0 aliphatic heterocycles. The van der Waals surface area contributed by atoms with Gasteiger partial charge in [-0.2, -0.15) is 5.10 Å². The molecule has 0 spiro atoms. The third kappa shape index (κ3) is 4.55. The van der Waals surface area contributed by atoms with Crippen LogP contribution in [0.2, 0.25) is 0 Å². The van der Waals surface area contributed by atoms with E-state index in [4.69, 9.17) is 14.2 Å². The number of hydrogen-bond acceptors (Lipinski definition) is 6. The van der Waals surface area contributed by atoms with E-state index in [-0.39, 0.29) is 12.1 Å². The molecule has 1 N–H and O–H groups in total. The second kappa shape index (κ2) is 8.92. The number of ether oxygens (including phenoxy) is 3. The van der Waals surface area contributed by atoms with Crippen molar-refractivity contribution in [2.24, 2.45) is 0 Å². The number of nitrogens with one attached hydrogen (secondary N) is 1. The van der Waals surface area contributed by atoms with E-state index in [9.17, 15) is 9.59 Å². The number of para-hydroxylation sites is 1. The zero-order valence-electron chi connectivity index (χ0n) is 16.3. The van der Waals surface area contributed by atoms with E-state index < -0.39 is 5.91 Å². The molecule has 0 saturated carbocycles. The van der Waals surface area contributed by atoms with E-state index in [2.05, 4.69) is 10.4 Å². The average Bonchev–Trinajstić information content (AvgIpc) is 2.75. The molecule has 1 amide bonds. The highest BCUT2D eigenvalue weighted by molar-refractivity contribution is 5.92. The summed E-state index contributed by atoms with van der Waals surface area (Å²) in [4.78, 5) is 24.7. The molecule has 1 heterocycles. The van der Waals surface area contributed by atoms with Crippen molar-refractivity contribution in [2.75, 3.05) is 26.6 Å². The normalized spacial score (nSPS) is 10.3. The van der Waals surface area contributed by atoms with Crippen LogP contribution in [0.25, 0.3) is 11.3 Å². The van der Waals surface area contributed by atoms with Gasteiger partial charge in [0.05, 0.1) is 32.7 Å². The molecule has 3 rings (SSSR count). The lowest BCUT2D eigenvalue weighted by Crippen LogP contribution is -2.29. The van der Waals surface area contributed by atoms with Crippen molar-refractivity contribution in [1.82, 2.24) is 9.78 Å². The first-order chi connectivity index (χ1) is 14.0. The minimum Gasteiger partial charge on any atom is -0.497 e. The number of methoxy groups -OCH3 is 3. The molecule has 0 atom stereocenters. The van der Waals surface area contributed by atoms with Crippen molar-refractivity contribution in [3.8, 4) is 28.5 Å². The molecule has 0 unspecified atom stereocenters. The summed E-state index contributed by atoms with van der Waals surface area (Å²) >= 11 is 0. The number of amides is 1. The summed E-state index contributed by atoms with van der Waals surface area (Å²) in [5.74, 6) is 1.25. The molecule has 0 radical (unpaired) electrons. The molecule has 150 valence electrons. The Bertz CT molecular complexity index is 1080. The summed E-state index contributed by atoms with van der Waals surface area (Å²) < 4.78 is 16.9. The van der Waals surface area contributed by atoms with Gasteiger partial charge in [0.25, 0.3) is 5.56 Å². The first kappa shape index (κ1) is 19.9. The fraction of sp³-hybridized carbons (Fsp3) is 0.190. The number of benzene rings is 2. The third-order valence-electron chi connectivity index (χ3n) is 4.23. The van der Waals surface area contributed by atoms with Crippen LogP contribution in [0.15, 0.2) is 59.4 Å². The van der Waals surface area contributed by atoms with Crippen LogP contribution in [-0.4, -0.2) is 37.0 Å². The van der Waals surface area contributed by atoms with Crippen molar-refractivity contribution in [3.63, 3.8) is 0 Å². The van der Waals surface area contributed by atoms with Gasteiger partial charge in [-0.05, 0) is 30.3 Å². The molecule has 8 nitrogen and oxygen atoms in total. The molecular formula is C21H21N3O5. The molecular weight excluding hydrogens is 374 g/mol. The van der Waals surface area contributed by atoms with Crippen molar-refractivity contribution in [2.45, 2.75) is 6.54 Å². The number of rotatable bonds is 7. The highest BCUT2D eigenvalue weighted by atomic mass is 16.5. The van der Waals surface area contributed by atoms with Crippen LogP contribution in [0.5, 0.6) is 17.2 Å². The zero-order chi connectivity index (χ0) is 20.8. The SMILES string of the molecule is COc1ccc(NC(=O)Cn2nc(-c3ccccc3OC)ccc2=O)c(OC)c1. The van der Waals surface area contributed by atoms with Crippen molar-refractivity contribution >= 4 is 11.6 Å². The lowest BCUT2D eigenvalue weighted by molar-refractivity contribution is -0.117. The van der Waals surface area contributed by atoms with Gasteiger partial charge in [-0.3, -0.25) is 9.59 Å². The summed E-state index contributed by atoms with van der Waals surface area (Å²) in [5, 5.41) is 7.04. The molecule has 0 fully saturated rings. The molecule has 0 aliphatic rings. The third-order valence-corrected chi connectivity index (χ3v) is 4.23. The fourth-order valence-corrected chi connectivity index (χ4v) is 2.79. The van der Waals surface area contributed by atoms with Gasteiger partial charge >= 0.3 is 0 Å². The second-order valence-electron chi connectivity index (χ2n) is 6.03. The Morgan fingerprint density at radius 1 is 0.966 bits per heavy atom. The predicted molar refractivity (Wildman–Crippen MR) is 109 cm³/mol. The van der Waals surface area contributed by atoms with Gasteiger partial charge in [-0.25, -0.2) is 4.68 Å². The van der Waals surface area contributed by atoms with Gasteiger partial charge in [-0.15, -0.1) is 0 Å². The van der Waals surface area contributed by atoms with Gasteiger partial charge < -0.3 is 19.5 Å². The number of nitrogens with zero attached hydrogens (tertiary/aromatic N) is 2. The van der Waals surface area contributed by atoms with Crippen LogP contribution in [0.4, 0.5) is 5.69 Å². The van der Waals surface area contributed by atoms with Gasteiger partial charge in [0, 0.05) is 17.7 Å². The molecule has 0 aliphatic carbocycles. The van der Waals surface area contributed by atoms with E-state index in [1.165, 1.54) is 13.2 Å². The Labute approximate surface area is 167 Å². The van der Waals surface area contributed by atoms with E-state index >= 15 is 0 Å². The number of carbonyl (C=O) groups is 1. The summed E-state index contributed by atoms with van der Waals surface area (Å²) in [6.07, 6.45) is 0. The zero-order valence-corrected chi connectivity index (χ0v) is 16.3. The minimum atomic E-state index is -0.416. The van der Waals surface area contributed by atoms with Gasteiger partial charge in [0.2, 0.25) is 5.91 Å². The lowest BCUT2D eigenvalue weighted by atomic mass is 10.1. The monoisotopic (exact) mass is 395 g/mol. The molecule has 0 bridgehead atoms. The smallest absolute Gasteiger partial charge is 0.267 e. The number of anilines is 1.